The molecule has 154 valence electrons. The number of piperazine rings is 1. The molecule has 0 spiro atoms. The lowest BCUT2D eigenvalue weighted by Crippen LogP contribution is -2.57. The van der Waals surface area contributed by atoms with Gasteiger partial charge < -0.3 is 19.6 Å². The summed E-state index contributed by atoms with van der Waals surface area (Å²) in [6.07, 6.45) is 3.80. The second-order valence-electron chi connectivity index (χ2n) is 8.96. The van der Waals surface area contributed by atoms with Crippen molar-refractivity contribution in [1.29, 1.82) is 0 Å². The minimum atomic E-state index is 0.131. The number of nitrogens with one attached hydrogen (secondary N) is 2. The molecule has 30 heavy (non-hydrogen) atoms. The highest BCUT2D eigenvalue weighted by molar-refractivity contribution is 5.96. The van der Waals surface area contributed by atoms with E-state index in [0.717, 1.165) is 47.4 Å². The van der Waals surface area contributed by atoms with E-state index in [9.17, 15) is 0 Å². The van der Waals surface area contributed by atoms with Crippen molar-refractivity contribution in [2.45, 2.75) is 33.2 Å². The highest BCUT2D eigenvalue weighted by Crippen LogP contribution is 2.35. The van der Waals surface area contributed by atoms with E-state index >= 15 is 0 Å². The fourth-order valence-corrected chi connectivity index (χ4v) is 4.59. The van der Waals surface area contributed by atoms with Crippen LogP contribution in [0.25, 0.3) is 33.7 Å². The monoisotopic (exact) mass is 400 g/mol. The Bertz CT molecular complexity index is 1200. The van der Waals surface area contributed by atoms with Gasteiger partial charge in [0.15, 0.2) is 5.76 Å². The molecule has 5 rings (SSSR count). The average molecular weight is 401 g/mol. The van der Waals surface area contributed by atoms with Crippen LogP contribution < -0.4 is 10.2 Å². The zero-order chi connectivity index (χ0) is 20.9. The summed E-state index contributed by atoms with van der Waals surface area (Å²) in [5, 5.41) is 4.72. The Morgan fingerprint density at radius 1 is 1.07 bits per heavy atom. The van der Waals surface area contributed by atoms with Gasteiger partial charge in [-0.05, 0) is 69.2 Å². The van der Waals surface area contributed by atoms with E-state index in [2.05, 4.69) is 84.3 Å². The van der Waals surface area contributed by atoms with Gasteiger partial charge in [0.05, 0.1) is 6.20 Å². The summed E-state index contributed by atoms with van der Waals surface area (Å²) in [6, 6.07) is 12.9. The molecule has 0 atom stereocenters. The van der Waals surface area contributed by atoms with Gasteiger partial charge in [-0.1, -0.05) is 6.07 Å². The van der Waals surface area contributed by atoms with E-state index in [1.807, 2.05) is 12.4 Å². The molecule has 1 saturated heterocycles. The van der Waals surface area contributed by atoms with Crippen molar-refractivity contribution in [3.63, 3.8) is 0 Å². The lowest BCUT2D eigenvalue weighted by molar-refractivity contribution is 0.353. The number of rotatable bonds is 3. The summed E-state index contributed by atoms with van der Waals surface area (Å²) in [7, 11) is 0. The Labute approximate surface area is 177 Å². The zero-order valence-corrected chi connectivity index (χ0v) is 18.0. The molecule has 5 nitrogen and oxygen atoms in total. The first-order valence-corrected chi connectivity index (χ1v) is 10.6. The largest absolute Gasteiger partial charge is 0.436 e. The van der Waals surface area contributed by atoms with Crippen LogP contribution in [0.2, 0.25) is 0 Å². The lowest BCUT2D eigenvalue weighted by Gasteiger charge is -2.40. The molecule has 5 heteroatoms. The van der Waals surface area contributed by atoms with Crippen molar-refractivity contribution >= 4 is 16.6 Å². The number of H-pyrrole nitrogens is 1. The van der Waals surface area contributed by atoms with Crippen LogP contribution in [0.4, 0.5) is 5.69 Å². The van der Waals surface area contributed by atoms with Crippen molar-refractivity contribution in [3.05, 3.63) is 59.9 Å². The quantitative estimate of drug-likeness (QED) is 0.490. The van der Waals surface area contributed by atoms with Crippen molar-refractivity contribution < 1.29 is 4.42 Å². The van der Waals surface area contributed by atoms with Crippen LogP contribution in [0.1, 0.15) is 25.0 Å². The Kier molecular flexibility index (Phi) is 4.44. The van der Waals surface area contributed by atoms with Gasteiger partial charge in [-0.2, -0.15) is 0 Å². The first kappa shape index (κ1) is 18.9. The van der Waals surface area contributed by atoms with Gasteiger partial charge in [0.1, 0.15) is 0 Å². The molecule has 0 saturated carbocycles. The van der Waals surface area contributed by atoms with Gasteiger partial charge >= 0.3 is 0 Å². The molecule has 4 aromatic rings. The number of benzene rings is 2. The molecule has 0 aliphatic carbocycles. The summed E-state index contributed by atoms with van der Waals surface area (Å²) in [5.41, 5.74) is 7.02. The maximum atomic E-state index is 6.22. The fraction of sp³-hybridized carbons (Fsp3) is 0.320. The van der Waals surface area contributed by atoms with Gasteiger partial charge in [0.2, 0.25) is 5.89 Å². The first-order chi connectivity index (χ1) is 14.4. The van der Waals surface area contributed by atoms with Crippen LogP contribution in [0, 0.1) is 13.8 Å². The van der Waals surface area contributed by atoms with E-state index in [4.69, 9.17) is 4.42 Å². The predicted octanol–water partition coefficient (Wildman–Crippen LogP) is 5.29. The molecule has 3 heterocycles. The molecule has 1 aliphatic rings. The molecule has 2 aromatic heterocycles. The second-order valence-corrected chi connectivity index (χ2v) is 8.96. The standard InChI is InChI=1S/C25H28N4O/c1-16-13-17(2)23-20(9-10-26-23)22(16)24-27-14-21(30-24)18-5-7-19(8-6-18)29-12-11-28-25(3,4)15-29/h5-10,13-14,26,28H,11-12,15H2,1-4H3. The van der Waals surface area contributed by atoms with Gasteiger partial charge in [0.25, 0.3) is 0 Å². The molecule has 0 bridgehead atoms. The second kappa shape index (κ2) is 7.03. The van der Waals surface area contributed by atoms with Crippen LogP contribution in [0.3, 0.4) is 0 Å². The Hall–Kier alpha value is -3.05. The number of hydrogen-bond donors (Lipinski definition) is 2. The van der Waals surface area contributed by atoms with Gasteiger partial charge in [-0.3, -0.25) is 0 Å². The van der Waals surface area contributed by atoms with Gasteiger partial charge in [-0.15, -0.1) is 0 Å². The molecule has 1 aliphatic heterocycles. The van der Waals surface area contributed by atoms with Crippen LogP contribution >= 0.6 is 0 Å². The molecular weight excluding hydrogens is 372 g/mol. The molecule has 1 fully saturated rings. The summed E-state index contributed by atoms with van der Waals surface area (Å²) in [6.45, 7) is 11.8. The van der Waals surface area contributed by atoms with E-state index in [-0.39, 0.29) is 5.54 Å². The Balaban J connectivity index is 1.45. The number of hydrogen-bond acceptors (Lipinski definition) is 4. The van der Waals surface area contributed by atoms with Crippen LogP contribution in [0.5, 0.6) is 0 Å². The third-order valence-corrected chi connectivity index (χ3v) is 6.05. The predicted molar refractivity (Wildman–Crippen MR) is 123 cm³/mol. The normalized spacial score (nSPS) is 16.3. The van der Waals surface area contributed by atoms with Crippen LogP contribution in [0.15, 0.2) is 53.2 Å². The van der Waals surface area contributed by atoms with Crippen molar-refractivity contribution in [3.8, 4) is 22.8 Å². The average Bonchev–Trinajstić information content (AvgIpc) is 3.38. The number of aromatic nitrogens is 2. The molecule has 0 amide bonds. The van der Waals surface area contributed by atoms with Crippen molar-refractivity contribution in [2.75, 3.05) is 24.5 Å². The van der Waals surface area contributed by atoms with E-state index in [1.165, 1.54) is 16.8 Å². The zero-order valence-electron chi connectivity index (χ0n) is 18.0. The Morgan fingerprint density at radius 3 is 2.63 bits per heavy atom. The number of fused-ring (bicyclic) bond motifs is 1. The first-order valence-electron chi connectivity index (χ1n) is 10.6. The number of nitrogens with zero attached hydrogens (tertiary/aromatic N) is 2. The minimum absolute atomic E-state index is 0.131. The molecular formula is C25H28N4O. The van der Waals surface area contributed by atoms with E-state index in [1.54, 1.807) is 0 Å². The fourth-order valence-electron chi connectivity index (χ4n) is 4.59. The number of oxazole rings is 1. The number of aryl methyl sites for hydroxylation is 2. The molecule has 0 unspecified atom stereocenters. The SMILES string of the molecule is Cc1cc(C)c2[nH]ccc2c1-c1ncc(-c2ccc(N3CCNC(C)(C)C3)cc2)o1. The summed E-state index contributed by atoms with van der Waals surface area (Å²) >= 11 is 0. The number of anilines is 1. The van der Waals surface area contributed by atoms with E-state index in [0.29, 0.717) is 5.89 Å². The lowest BCUT2D eigenvalue weighted by atomic mass is 10.0. The minimum Gasteiger partial charge on any atom is -0.436 e. The van der Waals surface area contributed by atoms with Crippen molar-refractivity contribution in [1.82, 2.24) is 15.3 Å². The Morgan fingerprint density at radius 2 is 1.87 bits per heavy atom. The van der Waals surface area contributed by atoms with Crippen molar-refractivity contribution in [2.24, 2.45) is 0 Å². The van der Waals surface area contributed by atoms with Gasteiger partial charge in [-0.25, -0.2) is 4.98 Å². The van der Waals surface area contributed by atoms with Crippen LogP contribution in [-0.2, 0) is 0 Å². The highest BCUT2D eigenvalue weighted by atomic mass is 16.4. The molecule has 0 radical (unpaired) electrons. The molecule has 2 aromatic carbocycles. The smallest absolute Gasteiger partial charge is 0.227 e. The summed E-state index contributed by atoms with van der Waals surface area (Å²) in [5.74, 6) is 1.46. The maximum absolute atomic E-state index is 6.22. The summed E-state index contributed by atoms with van der Waals surface area (Å²) in [4.78, 5) is 10.4. The van der Waals surface area contributed by atoms with Gasteiger partial charge in [0, 0.05) is 59.1 Å². The molecule has 2 N–H and O–H groups in total. The third kappa shape index (κ3) is 3.29. The highest BCUT2D eigenvalue weighted by Gasteiger charge is 2.25. The van der Waals surface area contributed by atoms with E-state index < -0.39 is 0 Å². The summed E-state index contributed by atoms with van der Waals surface area (Å²) < 4.78 is 6.22. The topological polar surface area (TPSA) is 57.1 Å². The number of aromatic amines is 1. The third-order valence-electron chi connectivity index (χ3n) is 6.05. The maximum Gasteiger partial charge on any atom is 0.227 e. The van der Waals surface area contributed by atoms with Crippen LogP contribution in [-0.4, -0.2) is 35.1 Å².